The molecule has 0 saturated carbocycles. The Balaban J connectivity index is 1.90. The lowest BCUT2D eigenvalue weighted by Gasteiger charge is -2.07. The number of nitrogens with one attached hydrogen (secondary N) is 1. The van der Waals surface area contributed by atoms with Crippen LogP contribution in [0.3, 0.4) is 0 Å². The van der Waals surface area contributed by atoms with Gasteiger partial charge in [-0.2, -0.15) is 0 Å². The summed E-state index contributed by atoms with van der Waals surface area (Å²) < 4.78 is 5.16. The van der Waals surface area contributed by atoms with E-state index in [2.05, 4.69) is 21.2 Å². The first-order chi connectivity index (χ1) is 12.8. The van der Waals surface area contributed by atoms with Crippen molar-refractivity contribution >= 4 is 68.5 Å². The fourth-order valence-electron chi connectivity index (χ4n) is 1.90. The lowest BCUT2D eigenvalue weighted by Crippen LogP contribution is -2.20. The van der Waals surface area contributed by atoms with Crippen LogP contribution in [0.15, 0.2) is 46.9 Å². The molecular formula is C17H11BrCl2N2O5. The van der Waals surface area contributed by atoms with Crippen LogP contribution in [0.25, 0.3) is 6.08 Å². The molecule has 0 aliphatic rings. The zero-order valence-electron chi connectivity index (χ0n) is 13.4. The number of halogens is 3. The minimum atomic E-state index is -0.746. The predicted molar refractivity (Wildman–Crippen MR) is 106 cm³/mol. The Labute approximate surface area is 172 Å². The number of nitro benzene ring substituents is 1. The molecule has 0 bridgehead atoms. The van der Waals surface area contributed by atoms with Crippen molar-refractivity contribution < 1.29 is 19.2 Å². The molecule has 1 N–H and O–H groups in total. The number of amides is 1. The molecule has 0 saturated heterocycles. The number of carbonyl (C=O) groups is 2. The van der Waals surface area contributed by atoms with Crippen molar-refractivity contribution in [2.45, 2.75) is 0 Å². The van der Waals surface area contributed by atoms with Gasteiger partial charge in [-0.05, 0) is 39.7 Å². The zero-order valence-corrected chi connectivity index (χ0v) is 16.5. The van der Waals surface area contributed by atoms with Gasteiger partial charge in [0.05, 0.1) is 20.7 Å². The Kier molecular flexibility index (Phi) is 7.35. The number of nitrogens with zero attached hydrogens (tertiary/aromatic N) is 1. The maximum atomic E-state index is 11.9. The molecule has 0 heterocycles. The molecule has 2 aromatic carbocycles. The Morgan fingerprint density at radius 3 is 2.67 bits per heavy atom. The maximum absolute atomic E-state index is 11.9. The number of carbonyl (C=O) groups excluding carboxylic acids is 2. The quantitative estimate of drug-likeness (QED) is 0.279. The van der Waals surface area contributed by atoms with Gasteiger partial charge in [-0.15, -0.1) is 0 Å². The molecule has 27 heavy (non-hydrogen) atoms. The van der Waals surface area contributed by atoms with Crippen LogP contribution in [-0.2, 0) is 14.3 Å². The highest BCUT2D eigenvalue weighted by molar-refractivity contribution is 9.10. The fraction of sp³-hybridized carbons (Fsp3) is 0.0588. The molecule has 140 valence electrons. The first-order valence-corrected chi connectivity index (χ1v) is 8.85. The van der Waals surface area contributed by atoms with E-state index in [0.29, 0.717) is 25.8 Å². The molecule has 0 fully saturated rings. The van der Waals surface area contributed by atoms with Crippen molar-refractivity contribution in [1.82, 2.24) is 0 Å². The largest absolute Gasteiger partial charge is 0.452 e. The van der Waals surface area contributed by atoms with Crippen molar-refractivity contribution in [3.8, 4) is 0 Å². The third-order valence-corrected chi connectivity index (χ3v) is 4.65. The number of nitro groups is 1. The highest BCUT2D eigenvalue weighted by Gasteiger charge is 2.12. The Morgan fingerprint density at radius 1 is 1.26 bits per heavy atom. The van der Waals surface area contributed by atoms with Gasteiger partial charge in [-0.3, -0.25) is 14.9 Å². The van der Waals surface area contributed by atoms with E-state index in [1.807, 2.05) is 0 Å². The van der Waals surface area contributed by atoms with E-state index in [4.69, 9.17) is 27.9 Å². The van der Waals surface area contributed by atoms with E-state index in [1.54, 1.807) is 18.2 Å². The summed E-state index contributed by atoms with van der Waals surface area (Å²) in [6, 6.07) is 8.80. The number of rotatable bonds is 6. The van der Waals surface area contributed by atoms with Gasteiger partial charge >= 0.3 is 5.97 Å². The summed E-state index contributed by atoms with van der Waals surface area (Å²) in [6.45, 7) is -0.532. The number of anilines is 1. The lowest BCUT2D eigenvalue weighted by molar-refractivity contribution is -0.384. The summed E-state index contributed by atoms with van der Waals surface area (Å²) in [6.07, 6.45) is 2.54. The average molecular weight is 474 g/mol. The Hall–Kier alpha value is -2.42. The van der Waals surface area contributed by atoms with Crippen molar-refractivity contribution in [2.24, 2.45) is 0 Å². The standard InChI is InChI=1S/C17H11BrCl2N2O5/c18-12-8-11(22(25)26)5-6-14(12)21-15(23)9-27-16(24)7-4-10-2-1-3-13(19)17(10)20/h1-8H,9H2,(H,21,23)/b7-4+. The van der Waals surface area contributed by atoms with Crippen LogP contribution in [0.1, 0.15) is 5.56 Å². The summed E-state index contributed by atoms with van der Waals surface area (Å²) >= 11 is 15.0. The summed E-state index contributed by atoms with van der Waals surface area (Å²) in [5, 5.41) is 13.8. The van der Waals surface area contributed by atoms with Gasteiger partial charge < -0.3 is 10.1 Å². The first kappa shape index (κ1) is 20.9. The van der Waals surface area contributed by atoms with E-state index in [-0.39, 0.29) is 5.69 Å². The third-order valence-electron chi connectivity index (χ3n) is 3.16. The number of hydrogen-bond donors (Lipinski definition) is 1. The minimum Gasteiger partial charge on any atom is -0.452 e. The normalized spacial score (nSPS) is 10.6. The van der Waals surface area contributed by atoms with Crippen molar-refractivity contribution in [1.29, 1.82) is 0 Å². The van der Waals surface area contributed by atoms with Crippen LogP contribution >= 0.6 is 39.1 Å². The van der Waals surface area contributed by atoms with Crippen molar-refractivity contribution in [3.05, 3.63) is 72.7 Å². The van der Waals surface area contributed by atoms with Crippen LogP contribution < -0.4 is 5.32 Å². The van der Waals surface area contributed by atoms with E-state index < -0.39 is 23.4 Å². The topological polar surface area (TPSA) is 98.5 Å². The highest BCUT2D eigenvalue weighted by Crippen LogP contribution is 2.27. The molecule has 0 unspecified atom stereocenters. The van der Waals surface area contributed by atoms with E-state index in [0.717, 1.165) is 6.08 Å². The van der Waals surface area contributed by atoms with E-state index in [9.17, 15) is 19.7 Å². The summed E-state index contributed by atoms with van der Waals surface area (Å²) in [7, 11) is 0. The number of esters is 1. The highest BCUT2D eigenvalue weighted by atomic mass is 79.9. The predicted octanol–water partition coefficient (Wildman–Crippen LogP) is 4.86. The SMILES string of the molecule is O=C(COC(=O)/C=C/c1cccc(Cl)c1Cl)Nc1ccc([N+](=O)[O-])cc1Br. The second-order valence-corrected chi connectivity index (χ2v) is 6.69. The monoisotopic (exact) mass is 472 g/mol. The molecule has 0 aliphatic carbocycles. The Morgan fingerprint density at radius 2 is 2.00 bits per heavy atom. The fourth-order valence-corrected chi connectivity index (χ4v) is 2.73. The molecule has 0 aromatic heterocycles. The van der Waals surface area contributed by atoms with Crippen molar-refractivity contribution in [3.63, 3.8) is 0 Å². The minimum absolute atomic E-state index is 0.129. The molecule has 0 atom stereocenters. The van der Waals surface area contributed by atoms with Crippen LogP contribution in [0.5, 0.6) is 0 Å². The van der Waals surface area contributed by atoms with Crippen LogP contribution in [0.4, 0.5) is 11.4 Å². The smallest absolute Gasteiger partial charge is 0.331 e. The molecule has 1 amide bonds. The molecule has 2 aromatic rings. The Bertz CT molecular complexity index is 934. The van der Waals surface area contributed by atoms with Crippen LogP contribution in [0.2, 0.25) is 10.0 Å². The summed E-state index contributed by atoms with van der Waals surface area (Å²) in [4.78, 5) is 33.7. The number of non-ortho nitro benzene ring substituents is 1. The van der Waals surface area contributed by atoms with Gasteiger partial charge in [0.2, 0.25) is 0 Å². The van der Waals surface area contributed by atoms with Crippen molar-refractivity contribution in [2.75, 3.05) is 11.9 Å². The number of hydrogen-bond acceptors (Lipinski definition) is 5. The van der Waals surface area contributed by atoms with Gasteiger partial charge in [0.1, 0.15) is 0 Å². The average Bonchev–Trinajstić information content (AvgIpc) is 2.62. The van der Waals surface area contributed by atoms with Crippen LogP contribution in [-0.4, -0.2) is 23.4 Å². The summed E-state index contributed by atoms with van der Waals surface area (Å²) in [5.74, 6) is -1.35. The summed E-state index contributed by atoms with van der Waals surface area (Å²) in [5.41, 5.74) is 0.708. The first-order valence-electron chi connectivity index (χ1n) is 7.30. The molecule has 2 rings (SSSR count). The molecule has 7 nitrogen and oxygen atoms in total. The van der Waals surface area contributed by atoms with Gasteiger partial charge in [-0.25, -0.2) is 4.79 Å². The lowest BCUT2D eigenvalue weighted by atomic mass is 10.2. The second kappa shape index (κ2) is 9.50. The molecule has 10 heteroatoms. The zero-order chi connectivity index (χ0) is 20.0. The van der Waals surface area contributed by atoms with Crippen LogP contribution in [0, 0.1) is 10.1 Å². The molecule has 0 aliphatic heterocycles. The van der Waals surface area contributed by atoms with Gasteiger partial charge in [0, 0.05) is 22.7 Å². The van der Waals surface area contributed by atoms with Gasteiger partial charge in [0.25, 0.3) is 11.6 Å². The van der Waals surface area contributed by atoms with E-state index in [1.165, 1.54) is 24.3 Å². The van der Waals surface area contributed by atoms with Gasteiger partial charge in [0.15, 0.2) is 6.61 Å². The number of benzene rings is 2. The number of ether oxygens (including phenoxy) is 1. The maximum Gasteiger partial charge on any atom is 0.331 e. The molecular weight excluding hydrogens is 463 g/mol. The third kappa shape index (κ3) is 6.06. The molecule has 0 spiro atoms. The van der Waals surface area contributed by atoms with Gasteiger partial charge in [-0.1, -0.05) is 35.3 Å². The molecule has 0 radical (unpaired) electrons. The second-order valence-electron chi connectivity index (χ2n) is 5.05. The van der Waals surface area contributed by atoms with E-state index >= 15 is 0 Å².